The van der Waals surface area contributed by atoms with Crippen LogP contribution >= 0.6 is 27.7 Å². The van der Waals surface area contributed by atoms with E-state index in [1.165, 1.54) is 4.90 Å². The summed E-state index contributed by atoms with van der Waals surface area (Å²) in [5.74, 6) is 0. The van der Waals surface area contributed by atoms with Crippen molar-refractivity contribution in [2.75, 3.05) is 6.26 Å². The molecule has 1 aromatic carbocycles. The summed E-state index contributed by atoms with van der Waals surface area (Å²) < 4.78 is 1.03. The van der Waals surface area contributed by atoms with Crippen LogP contribution in [0.15, 0.2) is 27.6 Å². The average molecular weight is 242 g/mol. The average Bonchev–Trinajstić information content (AvgIpc) is 2.05. The summed E-state index contributed by atoms with van der Waals surface area (Å²) in [6.45, 7) is 0. The lowest BCUT2D eigenvalue weighted by molar-refractivity contribution is 1.18. The predicted octanol–water partition coefficient (Wildman–Crippen LogP) is 3.24. The second kappa shape index (κ2) is 4.54. The SMILES string of the molecule is CSc1ccc(Br)cc1CC#N. The molecular weight excluding hydrogens is 234 g/mol. The maximum atomic E-state index is 8.56. The first-order chi connectivity index (χ1) is 5.77. The van der Waals surface area contributed by atoms with Crippen LogP contribution in [-0.2, 0) is 6.42 Å². The topological polar surface area (TPSA) is 23.8 Å². The number of thioether (sulfide) groups is 1. The van der Waals surface area contributed by atoms with Gasteiger partial charge >= 0.3 is 0 Å². The van der Waals surface area contributed by atoms with Gasteiger partial charge in [0.1, 0.15) is 0 Å². The number of hydrogen-bond acceptors (Lipinski definition) is 2. The van der Waals surface area contributed by atoms with Crippen LogP contribution in [0.5, 0.6) is 0 Å². The quantitative estimate of drug-likeness (QED) is 0.743. The Morgan fingerprint density at radius 2 is 2.33 bits per heavy atom. The van der Waals surface area contributed by atoms with Crippen molar-refractivity contribution in [3.8, 4) is 6.07 Å². The Hall–Kier alpha value is -0.460. The fourth-order valence-corrected chi connectivity index (χ4v) is 1.98. The highest BCUT2D eigenvalue weighted by molar-refractivity contribution is 9.10. The molecule has 0 amide bonds. The van der Waals surface area contributed by atoms with Crippen LogP contribution in [0.1, 0.15) is 5.56 Å². The predicted molar refractivity (Wildman–Crippen MR) is 55.2 cm³/mol. The van der Waals surface area contributed by atoms with Crippen LogP contribution < -0.4 is 0 Å². The Bertz CT molecular complexity index is 317. The van der Waals surface area contributed by atoms with Crippen molar-refractivity contribution in [3.05, 3.63) is 28.2 Å². The molecule has 0 aliphatic rings. The third kappa shape index (κ3) is 2.26. The van der Waals surface area contributed by atoms with Crippen LogP contribution in [0.4, 0.5) is 0 Å². The first-order valence-electron chi connectivity index (χ1n) is 3.47. The maximum Gasteiger partial charge on any atom is 0.0670 e. The molecule has 3 heteroatoms. The number of rotatable bonds is 2. The van der Waals surface area contributed by atoms with Gasteiger partial charge in [-0.25, -0.2) is 0 Å². The van der Waals surface area contributed by atoms with E-state index in [1.54, 1.807) is 11.8 Å². The molecule has 0 radical (unpaired) electrons. The van der Waals surface area contributed by atoms with Crippen molar-refractivity contribution in [2.24, 2.45) is 0 Å². The number of halogens is 1. The molecule has 0 N–H and O–H groups in total. The number of nitriles is 1. The van der Waals surface area contributed by atoms with Gasteiger partial charge in [-0.1, -0.05) is 15.9 Å². The maximum absolute atomic E-state index is 8.56. The molecule has 0 atom stereocenters. The molecule has 0 aliphatic carbocycles. The van der Waals surface area contributed by atoms with E-state index in [0.29, 0.717) is 6.42 Å². The summed E-state index contributed by atoms with van der Waals surface area (Å²) in [4.78, 5) is 1.18. The minimum atomic E-state index is 0.482. The summed E-state index contributed by atoms with van der Waals surface area (Å²) in [5, 5.41) is 8.56. The summed E-state index contributed by atoms with van der Waals surface area (Å²) in [6.07, 6.45) is 2.50. The number of hydrogen-bond donors (Lipinski definition) is 0. The van der Waals surface area contributed by atoms with Crippen molar-refractivity contribution in [1.29, 1.82) is 5.26 Å². The Balaban J connectivity index is 3.05. The highest BCUT2D eigenvalue weighted by Crippen LogP contribution is 2.24. The van der Waals surface area contributed by atoms with Gasteiger partial charge in [-0.2, -0.15) is 5.26 Å². The lowest BCUT2D eigenvalue weighted by Gasteiger charge is -2.03. The standard InChI is InChI=1S/C9H8BrNS/c1-12-9-3-2-8(10)6-7(9)4-5-11/h2-3,6H,4H2,1H3. The Morgan fingerprint density at radius 3 is 2.92 bits per heavy atom. The zero-order valence-electron chi connectivity index (χ0n) is 6.67. The first-order valence-corrected chi connectivity index (χ1v) is 5.49. The van der Waals surface area contributed by atoms with E-state index in [4.69, 9.17) is 5.26 Å². The second-order valence-electron chi connectivity index (χ2n) is 2.29. The van der Waals surface area contributed by atoms with Gasteiger partial charge in [-0.3, -0.25) is 0 Å². The van der Waals surface area contributed by atoms with Gasteiger partial charge in [-0.15, -0.1) is 11.8 Å². The molecule has 0 heterocycles. The normalized spacial score (nSPS) is 9.42. The molecule has 0 unspecified atom stereocenters. The van der Waals surface area contributed by atoms with Gasteiger partial charge in [0.15, 0.2) is 0 Å². The molecule has 0 saturated carbocycles. The van der Waals surface area contributed by atoms with E-state index in [0.717, 1.165) is 10.0 Å². The van der Waals surface area contributed by atoms with Crippen molar-refractivity contribution >= 4 is 27.7 Å². The Morgan fingerprint density at radius 1 is 1.58 bits per heavy atom. The van der Waals surface area contributed by atoms with Gasteiger partial charge in [0.2, 0.25) is 0 Å². The van der Waals surface area contributed by atoms with Crippen LogP contribution in [0, 0.1) is 11.3 Å². The Kier molecular flexibility index (Phi) is 3.64. The largest absolute Gasteiger partial charge is 0.198 e. The molecular formula is C9H8BrNS. The molecule has 12 heavy (non-hydrogen) atoms. The minimum absolute atomic E-state index is 0.482. The molecule has 62 valence electrons. The highest BCUT2D eigenvalue weighted by atomic mass is 79.9. The van der Waals surface area contributed by atoms with Crippen LogP contribution in [0.2, 0.25) is 0 Å². The zero-order valence-corrected chi connectivity index (χ0v) is 9.08. The first kappa shape index (κ1) is 9.63. The Labute approximate surface area is 84.9 Å². The lowest BCUT2D eigenvalue weighted by atomic mass is 10.2. The van der Waals surface area contributed by atoms with Crippen molar-refractivity contribution in [1.82, 2.24) is 0 Å². The molecule has 1 nitrogen and oxygen atoms in total. The second-order valence-corrected chi connectivity index (χ2v) is 4.05. The van der Waals surface area contributed by atoms with Crippen LogP contribution in [0.3, 0.4) is 0 Å². The van der Waals surface area contributed by atoms with Gasteiger partial charge in [0, 0.05) is 9.37 Å². The van der Waals surface area contributed by atoms with E-state index >= 15 is 0 Å². The molecule has 0 bridgehead atoms. The van der Waals surface area contributed by atoms with E-state index in [2.05, 4.69) is 22.0 Å². The fraction of sp³-hybridized carbons (Fsp3) is 0.222. The minimum Gasteiger partial charge on any atom is -0.198 e. The smallest absolute Gasteiger partial charge is 0.0670 e. The van der Waals surface area contributed by atoms with E-state index in [9.17, 15) is 0 Å². The van der Waals surface area contributed by atoms with Gasteiger partial charge < -0.3 is 0 Å². The van der Waals surface area contributed by atoms with Gasteiger partial charge in [0.05, 0.1) is 12.5 Å². The molecule has 0 saturated heterocycles. The molecule has 0 aromatic heterocycles. The fourth-order valence-electron chi connectivity index (χ4n) is 0.970. The van der Waals surface area contributed by atoms with Gasteiger partial charge in [-0.05, 0) is 30.0 Å². The molecule has 0 fully saturated rings. The van der Waals surface area contributed by atoms with Gasteiger partial charge in [0.25, 0.3) is 0 Å². The van der Waals surface area contributed by atoms with E-state index in [1.807, 2.05) is 24.5 Å². The monoisotopic (exact) mass is 241 g/mol. The molecule has 0 spiro atoms. The van der Waals surface area contributed by atoms with E-state index in [-0.39, 0.29) is 0 Å². The summed E-state index contributed by atoms with van der Waals surface area (Å²) in [5.41, 5.74) is 1.10. The summed E-state index contributed by atoms with van der Waals surface area (Å²) in [7, 11) is 0. The molecule has 0 aliphatic heterocycles. The summed E-state index contributed by atoms with van der Waals surface area (Å²) >= 11 is 5.05. The van der Waals surface area contributed by atoms with Crippen molar-refractivity contribution in [2.45, 2.75) is 11.3 Å². The number of nitrogens with zero attached hydrogens (tertiary/aromatic N) is 1. The summed E-state index contributed by atoms with van der Waals surface area (Å²) in [6, 6.07) is 8.17. The number of benzene rings is 1. The third-order valence-electron chi connectivity index (χ3n) is 1.51. The highest BCUT2D eigenvalue weighted by Gasteiger charge is 2.00. The van der Waals surface area contributed by atoms with E-state index < -0.39 is 0 Å². The third-order valence-corrected chi connectivity index (χ3v) is 2.84. The van der Waals surface area contributed by atoms with Crippen LogP contribution in [0.25, 0.3) is 0 Å². The van der Waals surface area contributed by atoms with Crippen molar-refractivity contribution in [3.63, 3.8) is 0 Å². The van der Waals surface area contributed by atoms with Crippen molar-refractivity contribution < 1.29 is 0 Å². The molecule has 1 aromatic rings. The lowest BCUT2D eigenvalue weighted by Crippen LogP contribution is -1.85. The van der Waals surface area contributed by atoms with Crippen LogP contribution in [-0.4, -0.2) is 6.26 Å². The zero-order chi connectivity index (χ0) is 8.97. The molecule has 1 rings (SSSR count).